The first kappa shape index (κ1) is 23.1. The van der Waals surface area contributed by atoms with Crippen molar-refractivity contribution in [2.45, 2.75) is 6.42 Å². The second-order valence-corrected chi connectivity index (χ2v) is 8.27. The van der Waals surface area contributed by atoms with Crippen molar-refractivity contribution < 1.29 is 28.7 Å². The highest BCUT2D eigenvalue weighted by molar-refractivity contribution is 6.30. The van der Waals surface area contributed by atoms with Gasteiger partial charge in [0, 0.05) is 36.8 Å². The fourth-order valence-corrected chi connectivity index (χ4v) is 3.96. The number of benzene rings is 2. The van der Waals surface area contributed by atoms with Gasteiger partial charge in [-0.25, -0.2) is 4.79 Å². The molecule has 0 aromatic heterocycles. The van der Waals surface area contributed by atoms with Crippen LogP contribution in [0.4, 0.5) is 0 Å². The topological polar surface area (TPSA) is 93.2 Å². The number of ether oxygens (including phenoxy) is 2. The van der Waals surface area contributed by atoms with E-state index in [4.69, 9.17) is 21.1 Å². The highest BCUT2D eigenvalue weighted by atomic mass is 35.5. The molecule has 2 amide bonds. The van der Waals surface area contributed by atoms with Gasteiger partial charge in [-0.2, -0.15) is 0 Å². The quantitative estimate of drug-likeness (QED) is 0.332. The van der Waals surface area contributed by atoms with Gasteiger partial charge in [0.05, 0.1) is 29.9 Å². The standard InChI is InChI=1S/C24H23ClN2O6/c25-18-5-2-16(3-6-18)21(28)15-33-24(31)17-4-7-19-20(14-17)23(30)27(22(19)29)9-1-8-26-10-12-32-13-11-26/h2-7,14H,1,8-13,15H2. The van der Waals surface area contributed by atoms with Gasteiger partial charge in [-0.3, -0.25) is 24.2 Å². The summed E-state index contributed by atoms with van der Waals surface area (Å²) in [7, 11) is 0. The largest absolute Gasteiger partial charge is 0.454 e. The number of hydrogen-bond acceptors (Lipinski definition) is 7. The van der Waals surface area contributed by atoms with E-state index in [1.165, 1.54) is 23.1 Å². The first-order chi connectivity index (χ1) is 15.9. The van der Waals surface area contributed by atoms with Crippen molar-refractivity contribution in [1.29, 1.82) is 0 Å². The number of amides is 2. The van der Waals surface area contributed by atoms with E-state index in [-0.39, 0.29) is 28.4 Å². The van der Waals surface area contributed by atoms with E-state index in [9.17, 15) is 19.2 Å². The van der Waals surface area contributed by atoms with Gasteiger partial charge in [-0.05, 0) is 48.9 Å². The number of ketones is 1. The number of carbonyl (C=O) groups excluding carboxylic acids is 4. The van der Waals surface area contributed by atoms with E-state index in [2.05, 4.69) is 4.90 Å². The Hall–Kier alpha value is -3.07. The third-order valence-electron chi connectivity index (χ3n) is 5.67. The van der Waals surface area contributed by atoms with Crippen LogP contribution in [0.5, 0.6) is 0 Å². The van der Waals surface area contributed by atoms with E-state index in [0.29, 0.717) is 36.8 Å². The van der Waals surface area contributed by atoms with Crippen molar-refractivity contribution in [3.63, 3.8) is 0 Å². The van der Waals surface area contributed by atoms with Crippen molar-refractivity contribution >= 4 is 35.2 Å². The van der Waals surface area contributed by atoms with Crippen molar-refractivity contribution in [3.8, 4) is 0 Å². The third kappa shape index (κ3) is 5.30. The van der Waals surface area contributed by atoms with Gasteiger partial charge in [0.2, 0.25) is 0 Å². The molecule has 0 atom stereocenters. The van der Waals surface area contributed by atoms with Gasteiger partial charge in [0.1, 0.15) is 0 Å². The zero-order chi connectivity index (χ0) is 23.4. The molecule has 8 nitrogen and oxygen atoms in total. The highest BCUT2D eigenvalue weighted by Crippen LogP contribution is 2.24. The molecule has 9 heteroatoms. The highest BCUT2D eigenvalue weighted by Gasteiger charge is 2.35. The summed E-state index contributed by atoms with van der Waals surface area (Å²) in [6.45, 7) is 3.70. The Morgan fingerprint density at radius 3 is 2.30 bits per heavy atom. The predicted octanol–water partition coefficient (Wildman–Crippen LogP) is 2.70. The van der Waals surface area contributed by atoms with E-state index >= 15 is 0 Å². The number of imide groups is 1. The summed E-state index contributed by atoms with van der Waals surface area (Å²) < 4.78 is 10.4. The van der Waals surface area contributed by atoms with Gasteiger partial charge in [0.25, 0.3) is 11.8 Å². The Morgan fingerprint density at radius 1 is 0.909 bits per heavy atom. The fraction of sp³-hybridized carbons (Fsp3) is 0.333. The smallest absolute Gasteiger partial charge is 0.338 e. The zero-order valence-electron chi connectivity index (χ0n) is 17.9. The molecule has 0 aliphatic carbocycles. The number of hydrogen-bond donors (Lipinski definition) is 0. The number of nitrogens with zero attached hydrogens (tertiary/aromatic N) is 2. The molecule has 2 heterocycles. The number of esters is 1. The molecule has 0 unspecified atom stereocenters. The minimum absolute atomic E-state index is 0.106. The normalized spacial score (nSPS) is 16.1. The van der Waals surface area contributed by atoms with Gasteiger partial charge < -0.3 is 9.47 Å². The summed E-state index contributed by atoms with van der Waals surface area (Å²) in [4.78, 5) is 53.5. The van der Waals surface area contributed by atoms with Crippen LogP contribution in [-0.2, 0) is 9.47 Å². The van der Waals surface area contributed by atoms with Crippen LogP contribution < -0.4 is 0 Å². The maximum absolute atomic E-state index is 12.8. The summed E-state index contributed by atoms with van der Waals surface area (Å²) in [5, 5.41) is 0.496. The lowest BCUT2D eigenvalue weighted by atomic mass is 10.1. The molecule has 0 saturated carbocycles. The van der Waals surface area contributed by atoms with Crippen LogP contribution in [0.15, 0.2) is 42.5 Å². The van der Waals surface area contributed by atoms with Crippen LogP contribution in [0.1, 0.15) is 47.9 Å². The molecule has 2 aliphatic heterocycles. The monoisotopic (exact) mass is 470 g/mol. The molecule has 172 valence electrons. The van der Waals surface area contributed by atoms with Crippen LogP contribution in [0.3, 0.4) is 0 Å². The van der Waals surface area contributed by atoms with Crippen LogP contribution in [-0.4, -0.2) is 79.4 Å². The first-order valence-electron chi connectivity index (χ1n) is 10.7. The van der Waals surface area contributed by atoms with Crippen molar-refractivity contribution in [1.82, 2.24) is 9.80 Å². The molecule has 0 spiro atoms. The number of morpholine rings is 1. The summed E-state index contributed by atoms with van der Waals surface area (Å²) >= 11 is 5.81. The molecule has 1 saturated heterocycles. The molecule has 0 N–H and O–H groups in total. The van der Waals surface area contributed by atoms with E-state index in [1.54, 1.807) is 24.3 Å². The summed E-state index contributed by atoms with van der Waals surface area (Å²) in [6, 6.07) is 10.5. The number of Topliss-reactive ketones (excluding diaryl/α,β-unsaturated/α-hetero) is 1. The van der Waals surface area contributed by atoms with Crippen LogP contribution in [0.25, 0.3) is 0 Å². The lowest BCUT2D eigenvalue weighted by Gasteiger charge is -2.27. The molecular weight excluding hydrogens is 448 g/mol. The Morgan fingerprint density at radius 2 is 1.58 bits per heavy atom. The Balaban J connectivity index is 1.34. The van der Waals surface area contributed by atoms with Gasteiger partial charge in [-0.15, -0.1) is 0 Å². The molecule has 0 radical (unpaired) electrons. The Labute approximate surface area is 196 Å². The third-order valence-corrected chi connectivity index (χ3v) is 5.92. The van der Waals surface area contributed by atoms with Crippen LogP contribution >= 0.6 is 11.6 Å². The van der Waals surface area contributed by atoms with E-state index < -0.39 is 18.5 Å². The van der Waals surface area contributed by atoms with Crippen LogP contribution in [0.2, 0.25) is 5.02 Å². The minimum atomic E-state index is -0.744. The summed E-state index contributed by atoms with van der Waals surface area (Å²) in [5.41, 5.74) is 0.911. The molecule has 33 heavy (non-hydrogen) atoms. The fourth-order valence-electron chi connectivity index (χ4n) is 3.83. The average Bonchev–Trinajstić information content (AvgIpc) is 3.07. The molecular formula is C24H23ClN2O6. The van der Waals surface area contributed by atoms with Crippen molar-refractivity contribution in [2.24, 2.45) is 0 Å². The summed E-state index contributed by atoms with van der Waals surface area (Å²) in [5.74, 6) is -1.91. The van der Waals surface area contributed by atoms with Crippen LogP contribution in [0, 0.1) is 0 Å². The minimum Gasteiger partial charge on any atom is -0.454 e. The van der Waals surface area contributed by atoms with Crippen molar-refractivity contribution in [2.75, 3.05) is 46.0 Å². The lowest BCUT2D eigenvalue weighted by molar-refractivity contribution is 0.0355. The van der Waals surface area contributed by atoms with Gasteiger partial charge >= 0.3 is 5.97 Å². The van der Waals surface area contributed by atoms with Crippen molar-refractivity contribution in [3.05, 3.63) is 69.7 Å². The molecule has 2 aromatic carbocycles. The molecule has 2 aliphatic rings. The average molecular weight is 471 g/mol. The molecule has 1 fully saturated rings. The number of fused-ring (bicyclic) bond motifs is 1. The van der Waals surface area contributed by atoms with Gasteiger partial charge in [0.15, 0.2) is 12.4 Å². The molecule has 4 rings (SSSR count). The maximum Gasteiger partial charge on any atom is 0.338 e. The SMILES string of the molecule is O=C(COC(=O)c1ccc2c(c1)C(=O)N(CCCN1CCOCC1)C2=O)c1ccc(Cl)cc1. The van der Waals surface area contributed by atoms with E-state index in [0.717, 1.165) is 19.6 Å². The number of halogens is 1. The lowest BCUT2D eigenvalue weighted by Crippen LogP contribution is -2.39. The number of rotatable bonds is 8. The Bertz CT molecular complexity index is 1080. The maximum atomic E-state index is 12.8. The Kier molecular flexibility index (Phi) is 7.17. The second kappa shape index (κ2) is 10.2. The predicted molar refractivity (Wildman–Crippen MR) is 120 cm³/mol. The molecule has 2 aromatic rings. The summed E-state index contributed by atoms with van der Waals surface area (Å²) in [6.07, 6.45) is 0.660. The van der Waals surface area contributed by atoms with Gasteiger partial charge in [-0.1, -0.05) is 11.6 Å². The van der Waals surface area contributed by atoms with E-state index in [1.807, 2.05) is 0 Å². The zero-order valence-corrected chi connectivity index (χ0v) is 18.7. The molecule has 0 bridgehead atoms. The second-order valence-electron chi connectivity index (χ2n) is 7.84. The number of carbonyl (C=O) groups is 4. The first-order valence-corrected chi connectivity index (χ1v) is 11.1.